The summed E-state index contributed by atoms with van der Waals surface area (Å²) < 4.78 is 96.4. The first-order valence-corrected chi connectivity index (χ1v) is 44.0. The van der Waals surface area contributed by atoms with E-state index in [1.165, 1.54) is 23.9 Å². The Morgan fingerprint density at radius 1 is 0.397 bits per heavy atom. The number of para-hydroxylation sites is 1. The van der Waals surface area contributed by atoms with E-state index < -0.39 is 244 Å². The number of aromatic nitrogens is 11. The number of ether oxygens (including phenoxy) is 10. The highest BCUT2D eigenvalue weighted by molar-refractivity contribution is 7.98. The fraction of sp³-hybridized carbons (Fsp3) is 0.451. The molecular formula is C82H107N21O36S2. The Morgan fingerprint density at radius 3 is 0.950 bits per heavy atom. The van der Waals surface area contributed by atoms with Crippen LogP contribution >= 0.6 is 24.4 Å². The van der Waals surface area contributed by atoms with Crippen LogP contribution in [0.3, 0.4) is 0 Å². The van der Waals surface area contributed by atoms with E-state index in [9.17, 15) is 104 Å². The van der Waals surface area contributed by atoms with Crippen molar-refractivity contribution in [3.05, 3.63) is 215 Å². The number of phenolic OH excluding ortho intramolecular Hbond substituents is 1. The first-order chi connectivity index (χ1) is 69.1. The number of aliphatic hydroxyl groups excluding tert-OH is 10. The molecule has 141 heavy (non-hydrogen) atoms. The van der Waals surface area contributed by atoms with Crippen molar-refractivity contribution in [1.82, 2.24) is 52.7 Å². The third-order valence-corrected chi connectivity index (χ3v) is 22.1. The number of nitrogens with zero attached hydrogens (tertiary/aromatic N) is 10. The summed E-state index contributed by atoms with van der Waals surface area (Å²) in [4.78, 5) is 141. The summed E-state index contributed by atoms with van der Waals surface area (Å²) in [6.45, 7) is -2.46. The smallest absolute Gasteiger partial charge is 0.351 e. The van der Waals surface area contributed by atoms with E-state index in [1.54, 1.807) is 45.7 Å². The number of rotatable bonds is 35. The van der Waals surface area contributed by atoms with Crippen LogP contribution < -0.4 is 84.5 Å². The maximum atomic E-state index is 12.4. The van der Waals surface area contributed by atoms with Crippen molar-refractivity contribution in [3.8, 4) is 5.75 Å². The molecule has 59 heteroatoms. The maximum absolute atomic E-state index is 12.4. The van der Waals surface area contributed by atoms with E-state index in [4.69, 9.17) is 109 Å². The van der Waals surface area contributed by atoms with E-state index >= 15 is 0 Å². The Balaban J connectivity index is 0.000000188. The van der Waals surface area contributed by atoms with Crippen LogP contribution in [0.25, 0.3) is 10.9 Å². The Bertz CT molecular complexity index is 6250. The topological polar surface area (TPSA) is 882 Å². The lowest BCUT2D eigenvalue weighted by Crippen LogP contribution is -2.39. The molecule has 5 saturated heterocycles. The number of H-pyrrole nitrogens is 1. The SMILES string of the molecule is [2H][C@@]1(n2ccc(NO)nc2=O)O[C@H](COC(=O)[C@@H](N)CCSC)[C@@H](O)[C@H]1O.[2H][C@@]1(n2ccc(NO)nc2=O)O[C@H](COC(=O)[C@@H](N)CS)[C@@H](O)[C@H]1O.[2H][C@@]1(n2ccc(NO)nc2=O)O[C@H](COC(=O)[C@@H](N)Cc2c[nH]c3ccccc23)[C@@H](O)[C@H]1O.[2H][C@@]1(n2ccc(NO)nc2=O)O[C@H](COC(=O)[C@@H](N)Cc2ccc(O)cc2)[C@@H](O)[C@H]1O.[2H][C@@]1(n2ccc(NO)nc2=O)O[C@H](COC(=O)[C@@H](N)Cc2ccccc2)[C@@H](O)[C@H]1O. The molecule has 5 fully saturated rings. The quantitative estimate of drug-likeness (QED) is 0.00759. The molecule has 14 rings (SSSR count). The van der Waals surface area contributed by atoms with Gasteiger partial charge in [0.05, 0.1) is 6.85 Å². The van der Waals surface area contributed by atoms with E-state index in [0.717, 1.165) is 83.3 Å². The van der Waals surface area contributed by atoms with Crippen molar-refractivity contribution in [2.45, 2.75) is 178 Å². The predicted molar refractivity (Wildman–Crippen MR) is 485 cm³/mol. The van der Waals surface area contributed by atoms with E-state index in [0.29, 0.717) is 40.6 Å². The molecule has 0 spiro atoms. The molecule has 0 aliphatic carbocycles. The first-order valence-electron chi connectivity index (χ1n) is 44.4. The van der Waals surface area contributed by atoms with Crippen LogP contribution in [0.4, 0.5) is 29.1 Å². The lowest BCUT2D eigenvalue weighted by molar-refractivity contribution is -0.152. The number of carbonyl (C=O) groups is 5. The van der Waals surface area contributed by atoms with Crippen molar-refractivity contribution >= 4 is 94.2 Å². The number of nitrogens with two attached hydrogens (primary N) is 5. The van der Waals surface area contributed by atoms with Crippen LogP contribution in [0.5, 0.6) is 5.75 Å². The number of hydrogen-bond donors (Lipinski definition) is 28. The van der Waals surface area contributed by atoms with Gasteiger partial charge in [-0.05, 0) is 96.5 Å². The molecule has 0 radical (unpaired) electrons. The monoisotopic (exact) mass is 2030 g/mol. The second-order valence-electron chi connectivity index (χ2n) is 30.8. The molecule has 5 aliphatic heterocycles. The van der Waals surface area contributed by atoms with Gasteiger partial charge in [-0.15, -0.1) is 0 Å². The number of benzene rings is 3. The number of aromatic amines is 1. The minimum absolute atomic E-state index is 0.0459. The third kappa shape index (κ3) is 28.9. The fourth-order valence-electron chi connectivity index (χ4n) is 13.4. The van der Waals surface area contributed by atoms with E-state index in [2.05, 4.69) is 42.5 Å². The normalized spacial score (nSPS) is 28.4. The van der Waals surface area contributed by atoms with Crippen molar-refractivity contribution < 1.29 is 160 Å². The van der Waals surface area contributed by atoms with Crippen LogP contribution in [0.1, 0.15) is 61.0 Å². The lowest BCUT2D eigenvalue weighted by atomic mass is 10.1. The maximum Gasteiger partial charge on any atom is 0.351 e. The zero-order valence-corrected chi connectivity index (χ0v) is 75.4. The number of anilines is 5. The molecule has 0 saturated carbocycles. The number of thiol groups is 1. The number of carbonyl (C=O) groups excluding carboxylic acids is 5. The minimum atomic E-state index is -2.44. The molecule has 25 atom stereocenters. The Morgan fingerprint density at radius 2 is 0.667 bits per heavy atom. The molecule has 5 aliphatic rings. The largest absolute Gasteiger partial charge is 0.508 e. The highest BCUT2D eigenvalue weighted by atomic mass is 32.2. The summed E-state index contributed by atoms with van der Waals surface area (Å²) in [5.74, 6) is -3.91. The van der Waals surface area contributed by atoms with Gasteiger partial charge < -0.3 is 137 Å². The minimum Gasteiger partial charge on any atom is -0.508 e. The van der Waals surface area contributed by atoms with Crippen molar-refractivity contribution in [2.24, 2.45) is 28.7 Å². The molecule has 57 nitrogen and oxygen atoms in total. The summed E-state index contributed by atoms with van der Waals surface area (Å²) in [5.41, 5.74) is 35.3. The number of thioether (sulfide) groups is 1. The molecule has 11 heterocycles. The zero-order valence-electron chi connectivity index (χ0n) is 78.7. The second kappa shape index (κ2) is 52.3. The fourth-order valence-corrected chi connectivity index (χ4v) is 14.0. The average molecular weight is 2030 g/mol. The van der Waals surface area contributed by atoms with Crippen LogP contribution in [0.15, 0.2) is 170 Å². The summed E-state index contributed by atoms with van der Waals surface area (Å²) >= 11 is 5.37. The van der Waals surface area contributed by atoms with Crippen LogP contribution in [0.2, 0.25) is 0 Å². The van der Waals surface area contributed by atoms with Crippen molar-refractivity contribution in [3.63, 3.8) is 0 Å². The molecule has 768 valence electrons. The van der Waals surface area contributed by atoms with Gasteiger partial charge in [-0.3, -0.25) is 100 Å². The lowest BCUT2D eigenvalue weighted by Gasteiger charge is -2.17. The Kier molecular flexibility index (Phi) is 38.1. The van der Waals surface area contributed by atoms with E-state index in [-0.39, 0.29) is 59.9 Å². The molecule has 32 N–H and O–H groups in total. The van der Waals surface area contributed by atoms with E-state index in [1.807, 2.05) is 60.9 Å². The Labute approximate surface area is 810 Å². The van der Waals surface area contributed by atoms with Crippen LogP contribution in [-0.2, 0) is 90.6 Å². The molecule has 0 bridgehead atoms. The van der Waals surface area contributed by atoms with Gasteiger partial charge >= 0.3 is 58.3 Å². The number of phenols is 1. The van der Waals surface area contributed by atoms with Gasteiger partial charge in [0.15, 0.2) is 60.1 Å². The van der Waals surface area contributed by atoms with Gasteiger partial charge in [-0.1, -0.05) is 60.7 Å². The molecule has 9 aromatic rings. The highest BCUT2D eigenvalue weighted by Crippen LogP contribution is 2.35. The standard InChI is InChI=1S/C20H23N5O7.C18H22N4O8.C18H22N4O7.C14H22N4O7S.C12H18N4O7S/c21-12(7-10-8-22-13-4-2-1-3-11(10)13)19(28)31-9-14-16(26)17(27)18(32-14)25-6-5-15(24-30)23-20(25)29;19-11(7-9-1-3-10(23)4-2-9)17(26)29-8-12-14(24)15(25)16(30-12)22-6-5-13(21-28)20-18(22)27;19-11(8-10-4-2-1-3-5-10)17(25)28-9-12-14(23)15(24)16(29-12)22-7-6-13(21-27)20-18(22)26;1-26-5-3-7(15)13(21)24-6-8-10(19)11(20)12(25-8)18-4-2-9(17-23)16-14(18)22;13-5(4-24)11(19)22-3-6-8(17)9(18)10(23-6)16-2-1-7(15-21)14-12(16)20/h1-6,8,12,14,16-18,22,26-27,30H,7,9,21H2,(H,23,24,29);1-6,11-12,14-16,23-25,28H,7-8,19H2,(H,20,21,27);1-7,11-12,14-16,23-24,27H,8-9,19H2,(H,20,21,26);2,4,7-8,10-12,19-20,23H,3,5-6,15H2,1H3,(H,16,17,22);1-2,5-6,8-10,17-18,21,24H,3-4,13H2,(H,14,15,20)/t12-,14+,16+,17+,18+;2*11-,12+,14+,15+,16+;7-,8+,10+,11+,12+;5-,6+,8+,9+,10+/m00000/s1/i18D;2*16D;12D;10D. The second-order valence-corrected chi connectivity index (χ2v) is 32.2. The predicted octanol–water partition coefficient (Wildman–Crippen LogP) is -7.73. The molecule has 3 aromatic carbocycles. The molecular weight excluding hydrogens is 1920 g/mol. The average Bonchev–Trinajstić information content (AvgIpc) is 1.60. The van der Waals surface area contributed by atoms with Crippen molar-refractivity contribution in [1.29, 1.82) is 0 Å². The zero-order chi connectivity index (χ0) is 107. The summed E-state index contributed by atoms with van der Waals surface area (Å²) in [5, 5.41) is 156. The molecule has 6 aromatic heterocycles. The van der Waals surface area contributed by atoms with Gasteiger partial charge in [0, 0.05) is 60.3 Å². The summed E-state index contributed by atoms with van der Waals surface area (Å²) in [6.07, 6.45) is -26.0. The van der Waals surface area contributed by atoms with Crippen molar-refractivity contribution in [2.75, 3.05) is 78.2 Å². The van der Waals surface area contributed by atoms with Crippen LogP contribution in [0, 0.1) is 0 Å². The van der Waals surface area contributed by atoms with Crippen LogP contribution in [-0.4, -0.2) is 337 Å². The number of fused-ring (bicyclic) bond motifs is 1. The highest BCUT2D eigenvalue weighted by Gasteiger charge is 2.50. The number of nitrogens with one attached hydrogen (secondary N) is 6. The summed E-state index contributed by atoms with van der Waals surface area (Å²) in [6, 6.07) is 23.7. The Hall–Kier alpha value is -12.6. The van der Waals surface area contributed by atoms with Gasteiger partial charge in [-0.25, -0.2) is 24.0 Å². The number of esters is 5. The number of aromatic hydroxyl groups is 1. The molecule has 0 unspecified atom stereocenters. The number of hydrogen-bond acceptors (Lipinski definition) is 53. The number of aliphatic hydroxyl groups is 10. The molecule has 0 amide bonds. The third-order valence-electron chi connectivity index (χ3n) is 21.0. The van der Waals surface area contributed by atoms with Gasteiger partial charge in [0.25, 0.3) is 0 Å². The van der Waals surface area contributed by atoms with Gasteiger partial charge in [0.1, 0.15) is 161 Å². The first kappa shape index (κ1) is 103. The van der Waals surface area contributed by atoms with Gasteiger partial charge in [-0.2, -0.15) is 49.3 Å². The summed E-state index contributed by atoms with van der Waals surface area (Å²) in [7, 11) is 0. The van der Waals surface area contributed by atoms with Gasteiger partial charge in [0.2, 0.25) is 0 Å².